The lowest BCUT2D eigenvalue weighted by Crippen LogP contribution is -2.35. The van der Waals surface area contributed by atoms with Crippen LogP contribution in [0.2, 0.25) is 0 Å². The Labute approximate surface area is 113 Å². The van der Waals surface area contributed by atoms with Crippen molar-refractivity contribution in [2.45, 2.75) is 33.2 Å². The average Bonchev–Trinajstić information content (AvgIpc) is 2.34. The molecular weight excluding hydrogens is 274 g/mol. The van der Waals surface area contributed by atoms with E-state index in [0.29, 0.717) is 0 Å². The zero-order valence-electron chi connectivity index (χ0n) is 10.9. The summed E-state index contributed by atoms with van der Waals surface area (Å²) in [5.74, 6) is 0.842. The largest absolute Gasteiger partial charge is 0.299 e. The van der Waals surface area contributed by atoms with Crippen LogP contribution >= 0.6 is 15.9 Å². The van der Waals surface area contributed by atoms with Crippen molar-refractivity contribution in [1.29, 1.82) is 0 Å². The second-order valence-corrected chi connectivity index (χ2v) is 5.98. The van der Waals surface area contributed by atoms with Gasteiger partial charge in [0.25, 0.3) is 0 Å². The van der Waals surface area contributed by atoms with Crippen LogP contribution in [0, 0.1) is 19.8 Å². The van der Waals surface area contributed by atoms with Crippen LogP contribution in [0.25, 0.3) is 0 Å². The maximum absolute atomic E-state index is 3.62. The lowest BCUT2D eigenvalue weighted by atomic mass is 9.98. The number of piperidine rings is 1. The predicted octanol–water partition coefficient (Wildman–Crippen LogP) is 3.91. The summed E-state index contributed by atoms with van der Waals surface area (Å²) in [5, 5.41) is 1.15. The van der Waals surface area contributed by atoms with E-state index >= 15 is 0 Å². The number of rotatable bonds is 3. The van der Waals surface area contributed by atoms with Gasteiger partial charge in [-0.15, -0.1) is 0 Å². The highest BCUT2D eigenvalue weighted by Gasteiger charge is 2.19. The van der Waals surface area contributed by atoms with Gasteiger partial charge in [0.15, 0.2) is 0 Å². The van der Waals surface area contributed by atoms with Crippen molar-refractivity contribution in [3.8, 4) is 0 Å². The Kier molecular flexibility index (Phi) is 4.63. The molecule has 1 unspecified atom stereocenters. The van der Waals surface area contributed by atoms with Gasteiger partial charge in [0.1, 0.15) is 0 Å². The molecule has 0 aromatic heterocycles. The SMILES string of the molecule is Cc1ccc(C)c(CN2CCCC(CBr)C2)c1. The molecule has 94 valence electrons. The van der Waals surface area contributed by atoms with Gasteiger partial charge in [0.2, 0.25) is 0 Å². The molecule has 0 aliphatic carbocycles. The minimum absolute atomic E-state index is 0.842. The van der Waals surface area contributed by atoms with E-state index < -0.39 is 0 Å². The molecule has 0 spiro atoms. The number of nitrogens with zero attached hydrogens (tertiary/aromatic N) is 1. The van der Waals surface area contributed by atoms with Gasteiger partial charge in [-0.25, -0.2) is 0 Å². The molecule has 0 amide bonds. The number of aryl methyl sites for hydroxylation is 2. The summed E-state index contributed by atoms with van der Waals surface area (Å²) in [6, 6.07) is 6.79. The van der Waals surface area contributed by atoms with E-state index in [2.05, 4.69) is 52.9 Å². The molecule has 1 atom stereocenters. The minimum atomic E-state index is 0.842. The summed E-state index contributed by atoms with van der Waals surface area (Å²) in [4.78, 5) is 2.61. The molecule has 0 bridgehead atoms. The van der Waals surface area contributed by atoms with Crippen LogP contribution in [0.5, 0.6) is 0 Å². The number of likely N-dealkylation sites (tertiary alicyclic amines) is 1. The van der Waals surface area contributed by atoms with Crippen LogP contribution in [0.1, 0.15) is 29.5 Å². The molecule has 2 rings (SSSR count). The standard InChI is InChI=1S/C15H22BrN/c1-12-5-6-13(2)15(8-12)11-17-7-3-4-14(9-16)10-17/h5-6,8,14H,3-4,7,9-11H2,1-2H3. The Morgan fingerprint density at radius 3 is 2.94 bits per heavy atom. The summed E-state index contributed by atoms with van der Waals surface area (Å²) >= 11 is 3.62. The van der Waals surface area contributed by atoms with Crippen molar-refractivity contribution in [2.75, 3.05) is 18.4 Å². The Hall–Kier alpha value is -0.340. The summed E-state index contributed by atoms with van der Waals surface area (Å²) in [6.07, 6.45) is 2.73. The van der Waals surface area contributed by atoms with E-state index in [-0.39, 0.29) is 0 Å². The number of hydrogen-bond donors (Lipinski definition) is 0. The molecule has 1 fully saturated rings. The van der Waals surface area contributed by atoms with Crippen LogP contribution in [-0.4, -0.2) is 23.3 Å². The van der Waals surface area contributed by atoms with Gasteiger partial charge in [-0.2, -0.15) is 0 Å². The summed E-state index contributed by atoms with van der Waals surface area (Å²) in [7, 11) is 0. The third kappa shape index (κ3) is 3.56. The van der Waals surface area contributed by atoms with Crippen LogP contribution in [0.4, 0.5) is 0 Å². The number of alkyl halides is 1. The molecule has 1 heterocycles. The van der Waals surface area contributed by atoms with Crippen LogP contribution in [0.15, 0.2) is 18.2 Å². The molecule has 1 aromatic rings. The maximum atomic E-state index is 3.62. The van der Waals surface area contributed by atoms with Crippen molar-refractivity contribution < 1.29 is 0 Å². The molecule has 1 nitrogen and oxygen atoms in total. The van der Waals surface area contributed by atoms with Crippen molar-refractivity contribution in [3.63, 3.8) is 0 Å². The molecule has 1 aliphatic rings. The van der Waals surface area contributed by atoms with Gasteiger partial charge < -0.3 is 0 Å². The second kappa shape index (κ2) is 6.01. The van der Waals surface area contributed by atoms with Crippen LogP contribution in [-0.2, 0) is 6.54 Å². The smallest absolute Gasteiger partial charge is 0.0236 e. The van der Waals surface area contributed by atoms with E-state index in [1.165, 1.54) is 42.6 Å². The summed E-state index contributed by atoms with van der Waals surface area (Å²) in [5.41, 5.74) is 4.30. The first-order valence-electron chi connectivity index (χ1n) is 6.53. The fourth-order valence-electron chi connectivity index (χ4n) is 2.63. The zero-order chi connectivity index (χ0) is 12.3. The van der Waals surface area contributed by atoms with Gasteiger partial charge in [-0.3, -0.25) is 4.90 Å². The lowest BCUT2D eigenvalue weighted by molar-refractivity contribution is 0.179. The zero-order valence-corrected chi connectivity index (χ0v) is 12.5. The molecule has 0 N–H and O–H groups in total. The van der Waals surface area contributed by atoms with E-state index in [9.17, 15) is 0 Å². The predicted molar refractivity (Wildman–Crippen MR) is 77.7 cm³/mol. The molecule has 1 saturated heterocycles. The molecule has 0 radical (unpaired) electrons. The van der Waals surface area contributed by atoms with E-state index in [1.807, 2.05) is 0 Å². The molecule has 2 heteroatoms. The monoisotopic (exact) mass is 295 g/mol. The normalized spacial score (nSPS) is 21.7. The minimum Gasteiger partial charge on any atom is -0.299 e. The fourth-order valence-corrected chi connectivity index (χ4v) is 3.16. The highest BCUT2D eigenvalue weighted by atomic mass is 79.9. The lowest BCUT2D eigenvalue weighted by Gasteiger charge is -2.32. The molecule has 0 saturated carbocycles. The van der Waals surface area contributed by atoms with Crippen molar-refractivity contribution in [1.82, 2.24) is 4.90 Å². The number of hydrogen-bond acceptors (Lipinski definition) is 1. The van der Waals surface area contributed by atoms with E-state index in [0.717, 1.165) is 17.8 Å². The van der Waals surface area contributed by atoms with Gasteiger partial charge in [0, 0.05) is 18.4 Å². The van der Waals surface area contributed by atoms with Gasteiger partial charge in [-0.1, -0.05) is 39.7 Å². The van der Waals surface area contributed by atoms with Crippen molar-refractivity contribution >= 4 is 15.9 Å². The first-order chi connectivity index (χ1) is 8.19. The van der Waals surface area contributed by atoms with Crippen LogP contribution < -0.4 is 0 Å². The van der Waals surface area contributed by atoms with Gasteiger partial charge in [0.05, 0.1) is 0 Å². The summed E-state index contributed by atoms with van der Waals surface area (Å²) < 4.78 is 0. The topological polar surface area (TPSA) is 3.24 Å². The fraction of sp³-hybridized carbons (Fsp3) is 0.600. The van der Waals surface area contributed by atoms with E-state index in [4.69, 9.17) is 0 Å². The first kappa shape index (κ1) is 13.1. The van der Waals surface area contributed by atoms with Crippen molar-refractivity contribution in [2.24, 2.45) is 5.92 Å². The number of halogens is 1. The van der Waals surface area contributed by atoms with Crippen molar-refractivity contribution in [3.05, 3.63) is 34.9 Å². The third-order valence-electron chi connectivity index (χ3n) is 3.72. The average molecular weight is 296 g/mol. The third-order valence-corrected chi connectivity index (χ3v) is 4.64. The Morgan fingerprint density at radius 1 is 1.35 bits per heavy atom. The summed E-state index contributed by atoms with van der Waals surface area (Å²) in [6.45, 7) is 8.04. The Bertz CT molecular complexity index is 375. The Balaban J connectivity index is 2.02. The number of benzene rings is 1. The van der Waals surface area contributed by atoms with Gasteiger partial charge >= 0.3 is 0 Å². The molecule has 17 heavy (non-hydrogen) atoms. The van der Waals surface area contributed by atoms with Gasteiger partial charge in [-0.05, 0) is 50.3 Å². The van der Waals surface area contributed by atoms with Crippen LogP contribution in [0.3, 0.4) is 0 Å². The maximum Gasteiger partial charge on any atom is 0.0236 e. The van der Waals surface area contributed by atoms with E-state index in [1.54, 1.807) is 0 Å². The Morgan fingerprint density at radius 2 is 2.18 bits per heavy atom. The molecular formula is C15H22BrN. The highest BCUT2D eigenvalue weighted by molar-refractivity contribution is 9.09. The second-order valence-electron chi connectivity index (χ2n) is 5.33. The highest BCUT2D eigenvalue weighted by Crippen LogP contribution is 2.21. The molecule has 1 aromatic carbocycles. The first-order valence-corrected chi connectivity index (χ1v) is 7.65. The molecule has 1 aliphatic heterocycles. The quantitative estimate of drug-likeness (QED) is 0.764.